The van der Waals surface area contributed by atoms with Crippen LogP contribution in [0.2, 0.25) is 0 Å². The Kier molecular flexibility index (Phi) is 6.30. The number of thiazole rings is 1. The Bertz CT molecular complexity index is 1020. The van der Waals surface area contributed by atoms with Crippen LogP contribution in [0.1, 0.15) is 43.5 Å². The Labute approximate surface area is 192 Å². The fourth-order valence-corrected chi connectivity index (χ4v) is 5.04. The van der Waals surface area contributed by atoms with Gasteiger partial charge in [0.25, 0.3) is 5.91 Å². The molecule has 0 radical (unpaired) electrons. The number of carbonyl (C=O) groups is 3. The first-order chi connectivity index (χ1) is 15.2. The van der Waals surface area contributed by atoms with E-state index >= 15 is 0 Å². The van der Waals surface area contributed by atoms with E-state index in [-0.39, 0.29) is 6.54 Å². The molecule has 0 spiro atoms. The number of urea groups is 1. The van der Waals surface area contributed by atoms with Gasteiger partial charge in [0.2, 0.25) is 5.91 Å². The van der Waals surface area contributed by atoms with Crippen LogP contribution in [0.25, 0.3) is 0 Å². The van der Waals surface area contributed by atoms with Gasteiger partial charge in [0.15, 0.2) is 5.13 Å². The lowest BCUT2D eigenvalue weighted by atomic mass is 9.91. The number of anilines is 1. The van der Waals surface area contributed by atoms with E-state index in [0.29, 0.717) is 16.6 Å². The van der Waals surface area contributed by atoms with Crippen molar-refractivity contribution in [2.45, 2.75) is 45.7 Å². The third-order valence-electron chi connectivity index (χ3n) is 6.13. The van der Waals surface area contributed by atoms with Gasteiger partial charge in [0.1, 0.15) is 12.1 Å². The average molecular weight is 456 g/mol. The Hall–Kier alpha value is -2.78. The summed E-state index contributed by atoms with van der Waals surface area (Å²) in [6.07, 6.45) is 2.46. The summed E-state index contributed by atoms with van der Waals surface area (Å²) in [5, 5.41) is 7.87. The van der Waals surface area contributed by atoms with Gasteiger partial charge in [0.05, 0.1) is 5.69 Å². The average Bonchev–Trinajstić information content (AvgIpc) is 3.26. The summed E-state index contributed by atoms with van der Waals surface area (Å²) >= 11 is 1.35. The van der Waals surface area contributed by atoms with E-state index in [2.05, 4.69) is 27.4 Å². The second kappa shape index (κ2) is 8.99. The molecule has 170 valence electrons. The van der Waals surface area contributed by atoms with Crippen LogP contribution in [0.15, 0.2) is 29.6 Å². The Morgan fingerprint density at radius 3 is 2.78 bits per heavy atom. The summed E-state index contributed by atoms with van der Waals surface area (Å²) in [6, 6.07) is 6.83. The number of imide groups is 1. The minimum atomic E-state index is -1.19. The number of nitrogens with zero attached hydrogens (tertiary/aromatic N) is 3. The number of likely N-dealkylation sites (tertiary alicyclic amines) is 1. The fraction of sp³-hybridized carbons (Fsp3) is 0.478. The van der Waals surface area contributed by atoms with Crippen LogP contribution in [-0.4, -0.2) is 52.3 Å². The second-order valence-corrected chi connectivity index (χ2v) is 9.85. The number of piperidine rings is 1. The van der Waals surface area contributed by atoms with Crippen LogP contribution in [-0.2, 0) is 21.7 Å². The number of hydrogen-bond acceptors (Lipinski definition) is 6. The zero-order valence-electron chi connectivity index (χ0n) is 18.7. The Balaban J connectivity index is 1.36. The zero-order valence-corrected chi connectivity index (χ0v) is 19.5. The second-order valence-electron chi connectivity index (χ2n) is 8.99. The Morgan fingerprint density at radius 1 is 1.31 bits per heavy atom. The number of nitrogens with one attached hydrogen (secondary N) is 2. The summed E-state index contributed by atoms with van der Waals surface area (Å²) in [6.45, 7) is 8.40. The number of aryl methyl sites for hydroxylation is 1. The van der Waals surface area contributed by atoms with Crippen molar-refractivity contribution in [1.82, 2.24) is 20.1 Å². The molecule has 0 bridgehead atoms. The van der Waals surface area contributed by atoms with Crippen molar-refractivity contribution in [2.75, 3.05) is 25.0 Å². The van der Waals surface area contributed by atoms with Crippen molar-refractivity contribution in [2.24, 2.45) is 5.92 Å². The van der Waals surface area contributed by atoms with Crippen molar-refractivity contribution in [1.29, 1.82) is 0 Å². The number of aromatic nitrogens is 1. The molecular weight excluding hydrogens is 426 g/mol. The van der Waals surface area contributed by atoms with E-state index in [1.54, 1.807) is 6.92 Å². The van der Waals surface area contributed by atoms with Gasteiger partial charge in [-0.05, 0) is 44.7 Å². The molecule has 3 heterocycles. The van der Waals surface area contributed by atoms with Gasteiger partial charge >= 0.3 is 6.03 Å². The first kappa shape index (κ1) is 22.4. The summed E-state index contributed by atoms with van der Waals surface area (Å²) in [5.41, 5.74) is 1.47. The van der Waals surface area contributed by atoms with Crippen molar-refractivity contribution in [3.05, 3.63) is 46.5 Å². The zero-order chi connectivity index (χ0) is 22.9. The third-order valence-corrected chi connectivity index (χ3v) is 6.94. The minimum absolute atomic E-state index is 0.356. The normalized spacial score (nSPS) is 24.0. The predicted octanol–water partition coefficient (Wildman–Crippen LogP) is 3.09. The van der Waals surface area contributed by atoms with Crippen LogP contribution in [0.3, 0.4) is 0 Å². The molecule has 2 saturated heterocycles. The molecule has 0 saturated carbocycles. The van der Waals surface area contributed by atoms with Crippen LogP contribution in [0.5, 0.6) is 0 Å². The summed E-state index contributed by atoms with van der Waals surface area (Å²) in [4.78, 5) is 45.9. The quantitative estimate of drug-likeness (QED) is 0.653. The number of carbonyl (C=O) groups excluding carboxylic acids is 3. The molecule has 2 fully saturated rings. The van der Waals surface area contributed by atoms with Crippen LogP contribution < -0.4 is 10.6 Å². The van der Waals surface area contributed by atoms with Crippen molar-refractivity contribution < 1.29 is 14.4 Å². The van der Waals surface area contributed by atoms with Crippen LogP contribution in [0.4, 0.5) is 9.93 Å². The lowest BCUT2D eigenvalue weighted by Crippen LogP contribution is -2.42. The largest absolute Gasteiger partial charge is 0.325 e. The fourth-order valence-electron chi connectivity index (χ4n) is 4.32. The molecule has 0 unspecified atom stereocenters. The van der Waals surface area contributed by atoms with Gasteiger partial charge in [0, 0.05) is 18.5 Å². The van der Waals surface area contributed by atoms with E-state index in [0.717, 1.165) is 35.8 Å². The number of benzene rings is 1. The summed E-state index contributed by atoms with van der Waals surface area (Å²) < 4.78 is 0. The maximum absolute atomic E-state index is 13.0. The lowest BCUT2D eigenvalue weighted by molar-refractivity contribution is -0.133. The molecule has 9 heteroatoms. The predicted molar refractivity (Wildman–Crippen MR) is 123 cm³/mol. The molecule has 2 aliphatic heterocycles. The van der Waals surface area contributed by atoms with Crippen LogP contribution in [0, 0.1) is 12.8 Å². The molecule has 0 aliphatic carbocycles. The molecule has 32 heavy (non-hydrogen) atoms. The van der Waals surface area contributed by atoms with E-state index in [1.807, 2.05) is 36.6 Å². The van der Waals surface area contributed by atoms with E-state index in [9.17, 15) is 14.4 Å². The molecule has 4 rings (SSSR count). The SMILES string of the molecule is Cc1ccc([C@]2(C)NC(=O)N(CC(=O)Nc3nc(CN4CCC[C@H](C)C4)cs3)C2=O)cc1. The summed E-state index contributed by atoms with van der Waals surface area (Å²) in [7, 11) is 0. The first-order valence-electron chi connectivity index (χ1n) is 10.9. The molecule has 2 aromatic rings. The highest BCUT2D eigenvalue weighted by molar-refractivity contribution is 7.13. The van der Waals surface area contributed by atoms with Gasteiger partial charge in [-0.25, -0.2) is 9.78 Å². The van der Waals surface area contributed by atoms with Crippen molar-refractivity contribution >= 4 is 34.3 Å². The maximum atomic E-state index is 13.0. The molecule has 8 nitrogen and oxygen atoms in total. The summed E-state index contributed by atoms with van der Waals surface area (Å²) in [5.74, 6) is -0.203. The van der Waals surface area contributed by atoms with E-state index in [1.165, 1.54) is 24.2 Å². The number of hydrogen-bond donors (Lipinski definition) is 2. The highest BCUT2D eigenvalue weighted by Gasteiger charge is 2.49. The molecular formula is C23H29N5O3S. The van der Waals surface area contributed by atoms with Crippen LogP contribution >= 0.6 is 11.3 Å². The molecule has 1 aromatic heterocycles. The smallest absolute Gasteiger partial charge is 0.319 e. The van der Waals surface area contributed by atoms with Crippen molar-refractivity contribution in [3.63, 3.8) is 0 Å². The molecule has 2 atom stereocenters. The standard InChI is InChI=1S/C23H29N5O3S/c1-15-6-8-17(9-7-15)23(3)20(30)28(22(31)26-23)13-19(29)25-21-24-18(14-32-21)12-27-10-4-5-16(2)11-27/h6-9,14,16H,4-5,10-13H2,1-3H3,(H,26,31)(H,24,25,29)/t16-,23-/m0/s1. The number of amides is 4. The number of rotatable bonds is 6. The van der Waals surface area contributed by atoms with Gasteiger partial charge < -0.3 is 10.6 Å². The third kappa shape index (κ3) is 4.68. The Morgan fingerprint density at radius 2 is 2.06 bits per heavy atom. The van der Waals surface area contributed by atoms with Gasteiger partial charge in [-0.1, -0.05) is 36.8 Å². The molecule has 1 aromatic carbocycles. The van der Waals surface area contributed by atoms with E-state index in [4.69, 9.17) is 0 Å². The topological polar surface area (TPSA) is 94.6 Å². The van der Waals surface area contributed by atoms with Gasteiger partial charge in [-0.3, -0.25) is 19.4 Å². The van der Waals surface area contributed by atoms with Gasteiger partial charge in [-0.2, -0.15) is 0 Å². The monoisotopic (exact) mass is 455 g/mol. The molecule has 4 amide bonds. The van der Waals surface area contributed by atoms with Gasteiger partial charge in [-0.15, -0.1) is 11.3 Å². The van der Waals surface area contributed by atoms with E-state index < -0.39 is 23.4 Å². The molecule has 2 N–H and O–H groups in total. The highest BCUT2D eigenvalue weighted by atomic mass is 32.1. The lowest BCUT2D eigenvalue weighted by Gasteiger charge is -2.30. The van der Waals surface area contributed by atoms with Crippen molar-refractivity contribution in [3.8, 4) is 0 Å². The highest BCUT2D eigenvalue weighted by Crippen LogP contribution is 2.29. The minimum Gasteiger partial charge on any atom is -0.319 e. The maximum Gasteiger partial charge on any atom is 0.325 e. The molecule has 2 aliphatic rings. The first-order valence-corrected chi connectivity index (χ1v) is 11.8.